The summed E-state index contributed by atoms with van der Waals surface area (Å²) in [7, 11) is 0. The van der Waals surface area contributed by atoms with Crippen LogP contribution in [-0.4, -0.2) is 30.3 Å². The van der Waals surface area contributed by atoms with Crippen LogP contribution in [0.2, 0.25) is 0 Å². The molecule has 3 heteroatoms. The van der Waals surface area contributed by atoms with Crippen molar-refractivity contribution in [3.8, 4) is 0 Å². The third kappa shape index (κ3) is 3.10. The molecule has 3 rings (SSSR count). The second-order valence-corrected chi connectivity index (χ2v) is 6.02. The fourth-order valence-electron chi connectivity index (χ4n) is 2.91. The largest absolute Gasteiger partial charge is 0.393 e. The lowest BCUT2D eigenvalue weighted by Gasteiger charge is -2.23. The molecule has 1 saturated carbocycles. The van der Waals surface area contributed by atoms with Gasteiger partial charge in [-0.2, -0.15) is 0 Å². The second-order valence-electron chi connectivity index (χ2n) is 6.02. The molecule has 1 heterocycles. The van der Waals surface area contributed by atoms with Gasteiger partial charge in [0.15, 0.2) is 0 Å². The molecule has 2 N–H and O–H groups in total. The van der Waals surface area contributed by atoms with Gasteiger partial charge in [0.05, 0.1) is 6.10 Å². The number of anilines is 1. The van der Waals surface area contributed by atoms with Crippen molar-refractivity contribution in [2.75, 3.05) is 18.0 Å². The Kier molecular flexibility index (Phi) is 3.76. The van der Waals surface area contributed by atoms with E-state index in [1.165, 1.54) is 24.1 Å². The van der Waals surface area contributed by atoms with Gasteiger partial charge in [-0.3, -0.25) is 0 Å². The monoisotopic (exact) mass is 260 g/mol. The van der Waals surface area contributed by atoms with Gasteiger partial charge >= 0.3 is 0 Å². The number of rotatable bonds is 5. The minimum absolute atomic E-state index is 0.193. The number of hydrogen-bond acceptors (Lipinski definition) is 3. The van der Waals surface area contributed by atoms with Gasteiger partial charge in [0.2, 0.25) is 0 Å². The minimum atomic E-state index is -0.193. The Labute approximate surface area is 115 Å². The van der Waals surface area contributed by atoms with E-state index < -0.39 is 0 Å². The molecule has 1 aromatic carbocycles. The molecule has 1 aromatic rings. The Morgan fingerprint density at radius 1 is 1.32 bits per heavy atom. The van der Waals surface area contributed by atoms with Crippen molar-refractivity contribution in [1.82, 2.24) is 5.32 Å². The van der Waals surface area contributed by atoms with E-state index in [1.54, 1.807) is 0 Å². The molecule has 3 nitrogen and oxygen atoms in total. The highest BCUT2D eigenvalue weighted by Gasteiger charge is 2.27. The fourth-order valence-corrected chi connectivity index (χ4v) is 2.91. The summed E-state index contributed by atoms with van der Waals surface area (Å²) >= 11 is 0. The van der Waals surface area contributed by atoms with Crippen molar-refractivity contribution < 1.29 is 5.11 Å². The summed E-state index contributed by atoms with van der Waals surface area (Å²) in [6.45, 7) is 4.93. The molecule has 19 heavy (non-hydrogen) atoms. The summed E-state index contributed by atoms with van der Waals surface area (Å²) in [6.07, 6.45) is 3.57. The summed E-state index contributed by atoms with van der Waals surface area (Å²) in [4.78, 5) is 2.43. The summed E-state index contributed by atoms with van der Waals surface area (Å²) in [5.74, 6) is 0.421. The van der Waals surface area contributed by atoms with Gasteiger partial charge in [-0.25, -0.2) is 0 Å². The first-order valence-electron chi connectivity index (χ1n) is 7.48. The number of para-hydroxylation sites is 1. The van der Waals surface area contributed by atoms with E-state index >= 15 is 0 Å². The maximum atomic E-state index is 9.73. The number of nitrogens with one attached hydrogen (secondary N) is 1. The van der Waals surface area contributed by atoms with Crippen molar-refractivity contribution in [3.63, 3.8) is 0 Å². The third-order valence-corrected chi connectivity index (χ3v) is 4.40. The van der Waals surface area contributed by atoms with Gasteiger partial charge in [-0.1, -0.05) is 18.2 Å². The number of aliphatic hydroxyl groups excluding tert-OH is 1. The molecule has 2 aliphatic rings. The summed E-state index contributed by atoms with van der Waals surface area (Å²) in [5, 5.41) is 13.3. The number of nitrogens with zero attached hydrogens (tertiary/aromatic N) is 1. The van der Waals surface area contributed by atoms with Crippen LogP contribution in [0, 0.1) is 5.92 Å². The van der Waals surface area contributed by atoms with Crippen LogP contribution in [0.15, 0.2) is 24.3 Å². The average Bonchev–Trinajstić information content (AvgIpc) is 3.11. The molecule has 104 valence electrons. The van der Waals surface area contributed by atoms with Crippen LogP contribution in [0.25, 0.3) is 0 Å². The molecule has 0 aromatic heterocycles. The Balaban J connectivity index is 1.69. The topological polar surface area (TPSA) is 35.5 Å². The van der Waals surface area contributed by atoms with Crippen molar-refractivity contribution in [2.24, 2.45) is 5.92 Å². The van der Waals surface area contributed by atoms with Crippen LogP contribution in [0.1, 0.15) is 31.7 Å². The molecule has 1 saturated heterocycles. The van der Waals surface area contributed by atoms with Gasteiger partial charge in [0, 0.05) is 37.3 Å². The van der Waals surface area contributed by atoms with Crippen LogP contribution in [0.3, 0.4) is 0 Å². The first-order chi connectivity index (χ1) is 9.24. The Hall–Kier alpha value is -1.06. The van der Waals surface area contributed by atoms with Crippen LogP contribution >= 0.6 is 0 Å². The van der Waals surface area contributed by atoms with Gasteiger partial charge in [-0.15, -0.1) is 0 Å². The molecule has 0 radical (unpaired) electrons. The molecule has 2 atom stereocenters. The molecule has 1 aliphatic carbocycles. The highest BCUT2D eigenvalue weighted by atomic mass is 16.3. The maximum absolute atomic E-state index is 9.73. The zero-order chi connectivity index (χ0) is 13.2. The predicted octanol–water partition coefficient (Wildman–Crippen LogP) is 2.15. The van der Waals surface area contributed by atoms with E-state index in [1.807, 2.05) is 6.92 Å². The van der Waals surface area contributed by atoms with Crippen LogP contribution in [0.4, 0.5) is 5.69 Å². The quantitative estimate of drug-likeness (QED) is 0.851. The van der Waals surface area contributed by atoms with E-state index in [2.05, 4.69) is 34.5 Å². The average molecular weight is 260 g/mol. The predicted molar refractivity (Wildman–Crippen MR) is 78.3 cm³/mol. The molecule has 2 unspecified atom stereocenters. The SMILES string of the molecule is CC(O)C1CCN(c2ccccc2CNC2CC2)C1. The van der Waals surface area contributed by atoms with Crippen LogP contribution in [0.5, 0.6) is 0 Å². The van der Waals surface area contributed by atoms with Crippen molar-refractivity contribution in [3.05, 3.63) is 29.8 Å². The Bertz CT molecular complexity index is 429. The van der Waals surface area contributed by atoms with Crippen molar-refractivity contribution in [2.45, 2.75) is 44.9 Å². The molecule has 0 spiro atoms. The third-order valence-electron chi connectivity index (χ3n) is 4.40. The summed E-state index contributed by atoms with van der Waals surface area (Å²) < 4.78 is 0. The lowest BCUT2D eigenvalue weighted by molar-refractivity contribution is 0.136. The molecule has 2 fully saturated rings. The highest BCUT2D eigenvalue weighted by Crippen LogP contribution is 2.29. The maximum Gasteiger partial charge on any atom is 0.0557 e. The van der Waals surface area contributed by atoms with E-state index in [0.717, 1.165) is 32.1 Å². The summed E-state index contributed by atoms with van der Waals surface area (Å²) in [6, 6.07) is 9.42. The second kappa shape index (κ2) is 5.51. The van der Waals surface area contributed by atoms with Gasteiger partial charge in [0.1, 0.15) is 0 Å². The molecule has 0 bridgehead atoms. The zero-order valence-corrected chi connectivity index (χ0v) is 11.7. The normalized spacial score (nSPS) is 24.7. The van der Waals surface area contributed by atoms with E-state index in [9.17, 15) is 5.11 Å². The number of benzene rings is 1. The minimum Gasteiger partial charge on any atom is -0.393 e. The van der Waals surface area contributed by atoms with Gasteiger partial charge in [-0.05, 0) is 37.8 Å². The van der Waals surface area contributed by atoms with Crippen LogP contribution in [-0.2, 0) is 6.54 Å². The van der Waals surface area contributed by atoms with Gasteiger partial charge in [0.25, 0.3) is 0 Å². The fraction of sp³-hybridized carbons (Fsp3) is 0.625. The van der Waals surface area contributed by atoms with E-state index in [0.29, 0.717) is 5.92 Å². The lowest BCUT2D eigenvalue weighted by atomic mass is 10.0. The molecule has 0 amide bonds. The Morgan fingerprint density at radius 3 is 2.79 bits per heavy atom. The Morgan fingerprint density at radius 2 is 2.11 bits per heavy atom. The first-order valence-corrected chi connectivity index (χ1v) is 7.48. The first kappa shape index (κ1) is 12.9. The van der Waals surface area contributed by atoms with Crippen molar-refractivity contribution >= 4 is 5.69 Å². The lowest BCUT2D eigenvalue weighted by Crippen LogP contribution is -2.26. The van der Waals surface area contributed by atoms with E-state index in [4.69, 9.17) is 0 Å². The highest BCUT2D eigenvalue weighted by molar-refractivity contribution is 5.54. The molecule has 1 aliphatic heterocycles. The molecular formula is C16H24N2O. The smallest absolute Gasteiger partial charge is 0.0557 e. The van der Waals surface area contributed by atoms with Gasteiger partial charge < -0.3 is 15.3 Å². The standard InChI is InChI=1S/C16H24N2O/c1-12(19)14-8-9-18(11-14)16-5-3-2-4-13(16)10-17-15-6-7-15/h2-5,12,14-15,17,19H,6-11H2,1H3. The number of aliphatic hydroxyl groups is 1. The van der Waals surface area contributed by atoms with Crippen LogP contribution < -0.4 is 10.2 Å². The summed E-state index contributed by atoms with van der Waals surface area (Å²) in [5.41, 5.74) is 2.74. The number of hydrogen-bond donors (Lipinski definition) is 2. The van der Waals surface area contributed by atoms with E-state index in [-0.39, 0.29) is 6.10 Å². The van der Waals surface area contributed by atoms with Crippen molar-refractivity contribution in [1.29, 1.82) is 0 Å². The molecular weight excluding hydrogens is 236 g/mol. The zero-order valence-electron chi connectivity index (χ0n) is 11.7.